The van der Waals surface area contributed by atoms with E-state index in [1.54, 1.807) is 12.1 Å². The molecule has 0 radical (unpaired) electrons. The second kappa shape index (κ2) is 6.56. The van der Waals surface area contributed by atoms with Crippen molar-refractivity contribution < 1.29 is 23.5 Å². The molecule has 1 spiro atoms. The van der Waals surface area contributed by atoms with Crippen LogP contribution in [0.3, 0.4) is 0 Å². The van der Waals surface area contributed by atoms with Gasteiger partial charge in [0.25, 0.3) is 0 Å². The van der Waals surface area contributed by atoms with Crippen molar-refractivity contribution in [3.8, 4) is 5.75 Å². The van der Waals surface area contributed by atoms with Crippen molar-refractivity contribution in [1.29, 1.82) is 0 Å². The topological polar surface area (TPSA) is 64.6 Å². The van der Waals surface area contributed by atoms with Gasteiger partial charge in [0.2, 0.25) is 5.91 Å². The Morgan fingerprint density at radius 2 is 2.09 bits per heavy atom. The number of benzene rings is 1. The van der Waals surface area contributed by atoms with E-state index in [4.69, 9.17) is 9.47 Å². The first-order chi connectivity index (χ1) is 11.1. The van der Waals surface area contributed by atoms with Gasteiger partial charge in [-0.1, -0.05) is 12.1 Å². The van der Waals surface area contributed by atoms with Crippen molar-refractivity contribution in [1.82, 2.24) is 5.32 Å². The lowest BCUT2D eigenvalue weighted by atomic mass is 9.85. The summed E-state index contributed by atoms with van der Waals surface area (Å²) < 4.78 is 24.2. The number of amides is 1. The molecule has 0 aromatic heterocycles. The first-order valence-electron chi connectivity index (χ1n) is 7.98. The van der Waals surface area contributed by atoms with E-state index in [2.05, 4.69) is 5.32 Å². The van der Waals surface area contributed by atoms with Gasteiger partial charge in [0, 0.05) is 0 Å². The normalized spacial score (nSPS) is 22.1. The van der Waals surface area contributed by atoms with Crippen molar-refractivity contribution in [2.24, 2.45) is 5.92 Å². The van der Waals surface area contributed by atoms with Crippen molar-refractivity contribution >= 4 is 11.9 Å². The lowest BCUT2D eigenvalue weighted by Gasteiger charge is -2.27. The minimum atomic E-state index is -0.604. The molecule has 23 heavy (non-hydrogen) atoms. The third-order valence-electron chi connectivity index (χ3n) is 4.58. The number of hydrogen-bond acceptors (Lipinski definition) is 4. The number of halogens is 1. The first-order valence-corrected chi connectivity index (χ1v) is 7.98. The molecule has 1 heterocycles. The molecule has 1 saturated heterocycles. The fraction of sp³-hybridized carbons (Fsp3) is 0.529. The van der Waals surface area contributed by atoms with Gasteiger partial charge < -0.3 is 14.8 Å². The van der Waals surface area contributed by atoms with E-state index in [9.17, 15) is 14.0 Å². The van der Waals surface area contributed by atoms with Gasteiger partial charge in [-0.05, 0) is 37.8 Å². The third kappa shape index (κ3) is 3.30. The number of para-hydroxylation sites is 1. The van der Waals surface area contributed by atoms with Crippen LogP contribution in [0.15, 0.2) is 24.3 Å². The Hall–Kier alpha value is -2.11. The quantitative estimate of drug-likeness (QED) is 0.667. The van der Waals surface area contributed by atoms with Crippen LogP contribution in [0.1, 0.15) is 32.1 Å². The molecule has 1 aromatic rings. The summed E-state index contributed by atoms with van der Waals surface area (Å²) in [7, 11) is 0. The molecule has 2 fully saturated rings. The number of esters is 1. The van der Waals surface area contributed by atoms with Crippen LogP contribution in [-0.2, 0) is 14.3 Å². The summed E-state index contributed by atoms with van der Waals surface area (Å²) in [4.78, 5) is 24.0. The zero-order valence-corrected chi connectivity index (χ0v) is 12.8. The molecule has 1 aromatic carbocycles. The van der Waals surface area contributed by atoms with E-state index in [0.29, 0.717) is 0 Å². The molecule has 1 atom stereocenters. The summed E-state index contributed by atoms with van der Waals surface area (Å²) in [6.45, 7) is 0.426. The van der Waals surface area contributed by atoms with Crippen LogP contribution >= 0.6 is 0 Å². The van der Waals surface area contributed by atoms with Crippen LogP contribution in [-0.4, -0.2) is 30.6 Å². The number of hydrogen-bond donors (Lipinski definition) is 1. The standard InChI is InChI=1S/C17H20FNO4/c18-13-5-1-2-6-14(13)22-10-9-19-16(21)12-11-15(20)23-17(12)7-3-4-8-17/h1-2,5-6,12H,3-4,7-11H2,(H,19,21). The minimum absolute atomic E-state index is 0.139. The zero-order valence-electron chi connectivity index (χ0n) is 12.8. The molecule has 1 unspecified atom stereocenters. The summed E-state index contributed by atoms with van der Waals surface area (Å²) in [5.74, 6) is -1.18. The minimum Gasteiger partial charge on any atom is -0.489 e. The van der Waals surface area contributed by atoms with Crippen molar-refractivity contribution in [3.05, 3.63) is 30.1 Å². The highest BCUT2D eigenvalue weighted by atomic mass is 19.1. The average molecular weight is 321 g/mol. The van der Waals surface area contributed by atoms with Crippen LogP contribution in [0.25, 0.3) is 0 Å². The molecule has 3 rings (SSSR count). The Bertz CT molecular complexity index is 598. The molecule has 1 aliphatic carbocycles. The van der Waals surface area contributed by atoms with Gasteiger partial charge in [-0.3, -0.25) is 9.59 Å². The summed E-state index contributed by atoms with van der Waals surface area (Å²) in [6, 6.07) is 6.12. The van der Waals surface area contributed by atoms with E-state index in [1.165, 1.54) is 12.1 Å². The van der Waals surface area contributed by atoms with Gasteiger partial charge in [0.15, 0.2) is 11.6 Å². The molecule has 1 amide bonds. The van der Waals surface area contributed by atoms with Gasteiger partial charge in [0.1, 0.15) is 12.2 Å². The second-order valence-electron chi connectivity index (χ2n) is 6.07. The van der Waals surface area contributed by atoms with Crippen molar-refractivity contribution in [2.75, 3.05) is 13.2 Å². The maximum atomic E-state index is 13.4. The molecule has 6 heteroatoms. The fourth-order valence-corrected chi connectivity index (χ4v) is 3.47. The highest BCUT2D eigenvalue weighted by molar-refractivity contribution is 5.87. The molecule has 5 nitrogen and oxygen atoms in total. The number of carbonyl (C=O) groups is 2. The summed E-state index contributed by atoms with van der Waals surface area (Å²) in [5, 5.41) is 2.77. The maximum Gasteiger partial charge on any atom is 0.307 e. The molecular weight excluding hydrogens is 301 g/mol. The lowest BCUT2D eigenvalue weighted by molar-refractivity contribution is -0.149. The number of rotatable bonds is 5. The van der Waals surface area contributed by atoms with Gasteiger partial charge >= 0.3 is 5.97 Å². The predicted molar refractivity (Wildman–Crippen MR) is 80.3 cm³/mol. The maximum absolute atomic E-state index is 13.4. The molecule has 1 saturated carbocycles. The summed E-state index contributed by atoms with van der Waals surface area (Å²) in [5.41, 5.74) is -0.604. The molecule has 1 aliphatic heterocycles. The Labute approximate surface area is 134 Å². The SMILES string of the molecule is O=C1CC(C(=O)NCCOc2ccccc2F)C2(CCCC2)O1. The number of carbonyl (C=O) groups excluding carboxylic acids is 2. The smallest absolute Gasteiger partial charge is 0.307 e. The van der Waals surface area contributed by atoms with Gasteiger partial charge in [-0.15, -0.1) is 0 Å². The van der Waals surface area contributed by atoms with Crippen LogP contribution in [0, 0.1) is 11.7 Å². The van der Waals surface area contributed by atoms with Crippen molar-refractivity contribution in [3.63, 3.8) is 0 Å². The third-order valence-corrected chi connectivity index (χ3v) is 4.58. The Morgan fingerprint density at radius 1 is 1.35 bits per heavy atom. The monoisotopic (exact) mass is 321 g/mol. The highest BCUT2D eigenvalue weighted by Gasteiger charge is 2.53. The highest BCUT2D eigenvalue weighted by Crippen LogP contribution is 2.45. The van der Waals surface area contributed by atoms with Gasteiger partial charge in [-0.2, -0.15) is 0 Å². The zero-order chi connectivity index (χ0) is 16.3. The van der Waals surface area contributed by atoms with Gasteiger partial charge in [-0.25, -0.2) is 4.39 Å². The Balaban J connectivity index is 1.49. The molecule has 2 aliphatic rings. The first kappa shape index (κ1) is 15.8. The number of nitrogens with one attached hydrogen (secondary N) is 1. The lowest BCUT2D eigenvalue weighted by Crippen LogP contribution is -2.43. The summed E-state index contributed by atoms with van der Waals surface area (Å²) >= 11 is 0. The van der Waals surface area contributed by atoms with Crippen LogP contribution in [0.5, 0.6) is 5.75 Å². The van der Waals surface area contributed by atoms with E-state index in [-0.39, 0.29) is 37.2 Å². The van der Waals surface area contributed by atoms with Crippen LogP contribution < -0.4 is 10.1 Å². The molecule has 0 bridgehead atoms. The molecular formula is C17H20FNO4. The number of ether oxygens (including phenoxy) is 2. The molecule has 124 valence electrons. The van der Waals surface area contributed by atoms with E-state index < -0.39 is 17.3 Å². The fourth-order valence-electron chi connectivity index (χ4n) is 3.47. The largest absolute Gasteiger partial charge is 0.489 e. The van der Waals surface area contributed by atoms with Crippen LogP contribution in [0.2, 0.25) is 0 Å². The average Bonchev–Trinajstić information content (AvgIpc) is 3.12. The van der Waals surface area contributed by atoms with Crippen molar-refractivity contribution in [2.45, 2.75) is 37.7 Å². The van der Waals surface area contributed by atoms with E-state index >= 15 is 0 Å². The van der Waals surface area contributed by atoms with E-state index in [1.807, 2.05) is 0 Å². The molecule has 1 N–H and O–H groups in total. The Morgan fingerprint density at radius 3 is 2.83 bits per heavy atom. The summed E-state index contributed by atoms with van der Waals surface area (Å²) in [6.07, 6.45) is 3.60. The van der Waals surface area contributed by atoms with E-state index in [0.717, 1.165) is 25.7 Å². The van der Waals surface area contributed by atoms with Crippen LogP contribution in [0.4, 0.5) is 4.39 Å². The Kier molecular flexibility index (Phi) is 4.50. The second-order valence-corrected chi connectivity index (χ2v) is 6.07. The van der Waals surface area contributed by atoms with Gasteiger partial charge in [0.05, 0.1) is 18.9 Å². The predicted octanol–water partition coefficient (Wildman–Crippen LogP) is 2.20.